The average Bonchev–Trinajstić information content (AvgIpc) is 2.60. The van der Waals surface area contributed by atoms with Gasteiger partial charge in [-0.2, -0.15) is 0 Å². The highest BCUT2D eigenvalue weighted by Gasteiger charge is 2.18. The summed E-state index contributed by atoms with van der Waals surface area (Å²) in [4.78, 5) is 20.8. The van der Waals surface area contributed by atoms with Gasteiger partial charge in [0, 0.05) is 18.2 Å². The quantitative estimate of drug-likeness (QED) is 0.745. The van der Waals surface area contributed by atoms with E-state index >= 15 is 0 Å². The molecule has 0 saturated heterocycles. The zero-order valence-electron chi connectivity index (χ0n) is 11.3. The van der Waals surface area contributed by atoms with Crippen LogP contribution >= 0.6 is 0 Å². The first-order chi connectivity index (χ1) is 9.65. The Hall–Kier alpha value is -2.10. The van der Waals surface area contributed by atoms with Crippen molar-refractivity contribution in [3.63, 3.8) is 0 Å². The van der Waals surface area contributed by atoms with E-state index in [1.54, 1.807) is 12.3 Å². The maximum atomic E-state index is 13.2. The molecule has 20 heavy (non-hydrogen) atoms. The minimum atomic E-state index is -0.267. The third-order valence-corrected chi connectivity index (χ3v) is 3.66. The van der Waals surface area contributed by atoms with E-state index in [1.165, 1.54) is 12.1 Å². The number of rotatable bonds is 1. The third-order valence-electron chi connectivity index (χ3n) is 3.66. The van der Waals surface area contributed by atoms with Gasteiger partial charge in [-0.25, -0.2) is 14.4 Å². The van der Waals surface area contributed by atoms with Crippen LogP contribution in [0.1, 0.15) is 40.9 Å². The second-order valence-corrected chi connectivity index (χ2v) is 5.14. The van der Waals surface area contributed by atoms with Gasteiger partial charge >= 0.3 is 0 Å². The molecule has 0 bridgehead atoms. The minimum absolute atomic E-state index is 0.125. The monoisotopic (exact) mass is 270 g/mol. The normalized spacial score (nSPS) is 14.8. The minimum Gasteiger partial charge on any atom is -0.294 e. The van der Waals surface area contributed by atoms with Gasteiger partial charge in [0.05, 0.1) is 11.3 Å². The number of ketones is 1. The number of fused-ring (bicyclic) bond motifs is 1. The summed E-state index contributed by atoms with van der Waals surface area (Å²) in [6.45, 7) is 1.83. The summed E-state index contributed by atoms with van der Waals surface area (Å²) in [7, 11) is 0. The Labute approximate surface area is 116 Å². The predicted molar refractivity (Wildman–Crippen MR) is 74.0 cm³/mol. The van der Waals surface area contributed by atoms with Crippen LogP contribution in [0.3, 0.4) is 0 Å². The number of hydrogen-bond donors (Lipinski definition) is 0. The Bertz CT molecular complexity index is 682. The van der Waals surface area contributed by atoms with Crippen LogP contribution in [0.4, 0.5) is 4.39 Å². The number of carbonyl (C=O) groups excluding carboxylic acids is 1. The Morgan fingerprint density at radius 2 is 1.95 bits per heavy atom. The molecule has 0 N–H and O–H groups in total. The number of carbonyl (C=O) groups is 1. The van der Waals surface area contributed by atoms with Crippen molar-refractivity contribution in [3.05, 3.63) is 47.0 Å². The maximum absolute atomic E-state index is 13.2. The summed E-state index contributed by atoms with van der Waals surface area (Å²) in [5, 5.41) is 0. The van der Waals surface area contributed by atoms with Crippen molar-refractivity contribution in [2.75, 3.05) is 0 Å². The first kappa shape index (κ1) is 12.9. The van der Waals surface area contributed by atoms with Gasteiger partial charge in [0.15, 0.2) is 11.6 Å². The summed E-state index contributed by atoms with van der Waals surface area (Å²) in [6, 6.07) is 4.56. The Kier molecular flexibility index (Phi) is 3.30. The molecule has 1 aromatic heterocycles. The largest absolute Gasteiger partial charge is 0.294 e. The van der Waals surface area contributed by atoms with Crippen molar-refractivity contribution < 1.29 is 9.18 Å². The van der Waals surface area contributed by atoms with Crippen LogP contribution in [-0.2, 0) is 6.42 Å². The van der Waals surface area contributed by atoms with Crippen LogP contribution in [0.2, 0.25) is 0 Å². The lowest BCUT2D eigenvalue weighted by Gasteiger charge is -2.08. The van der Waals surface area contributed by atoms with Crippen molar-refractivity contribution in [1.82, 2.24) is 9.97 Å². The molecular weight excluding hydrogens is 255 g/mol. The van der Waals surface area contributed by atoms with Crippen LogP contribution in [0.25, 0.3) is 11.4 Å². The van der Waals surface area contributed by atoms with Crippen molar-refractivity contribution in [2.24, 2.45) is 0 Å². The molecule has 1 aromatic carbocycles. The van der Waals surface area contributed by atoms with Gasteiger partial charge in [0.2, 0.25) is 0 Å². The predicted octanol–water partition coefficient (Wildman–Crippen LogP) is 3.50. The van der Waals surface area contributed by atoms with Crippen LogP contribution in [-0.4, -0.2) is 15.8 Å². The molecule has 3 nitrogen and oxygen atoms in total. The number of Topliss-reactive ketones (excluding diaryl/α,β-unsaturated/α-hetero) is 1. The summed E-state index contributed by atoms with van der Waals surface area (Å²) in [5.74, 6) is 0.423. The Balaban J connectivity index is 2.08. The Morgan fingerprint density at radius 1 is 1.15 bits per heavy atom. The molecule has 1 heterocycles. The van der Waals surface area contributed by atoms with Crippen molar-refractivity contribution in [1.29, 1.82) is 0 Å². The molecule has 0 radical (unpaired) electrons. The molecule has 1 aliphatic rings. The fraction of sp³-hybridized carbons (Fsp3) is 0.312. The first-order valence-corrected chi connectivity index (χ1v) is 6.81. The molecule has 2 aromatic rings. The van der Waals surface area contributed by atoms with Crippen LogP contribution in [0, 0.1) is 12.7 Å². The fourth-order valence-electron chi connectivity index (χ4n) is 2.56. The van der Waals surface area contributed by atoms with Gasteiger partial charge in [-0.05, 0) is 49.9 Å². The summed E-state index contributed by atoms with van der Waals surface area (Å²) in [5.41, 5.74) is 3.07. The highest BCUT2D eigenvalue weighted by molar-refractivity contribution is 5.97. The molecule has 0 fully saturated rings. The van der Waals surface area contributed by atoms with E-state index in [0.717, 1.165) is 36.1 Å². The van der Waals surface area contributed by atoms with E-state index in [2.05, 4.69) is 9.97 Å². The van der Waals surface area contributed by atoms with E-state index in [-0.39, 0.29) is 11.6 Å². The summed E-state index contributed by atoms with van der Waals surface area (Å²) >= 11 is 0. The van der Waals surface area contributed by atoms with Gasteiger partial charge in [-0.1, -0.05) is 0 Å². The topological polar surface area (TPSA) is 42.9 Å². The fourth-order valence-corrected chi connectivity index (χ4v) is 2.56. The second-order valence-electron chi connectivity index (χ2n) is 5.14. The molecule has 0 aliphatic heterocycles. The first-order valence-electron chi connectivity index (χ1n) is 6.81. The molecule has 0 unspecified atom stereocenters. The van der Waals surface area contributed by atoms with Crippen LogP contribution in [0.5, 0.6) is 0 Å². The Morgan fingerprint density at radius 3 is 2.75 bits per heavy atom. The van der Waals surface area contributed by atoms with Crippen molar-refractivity contribution in [3.8, 4) is 11.4 Å². The number of aromatic nitrogens is 2. The van der Waals surface area contributed by atoms with Crippen LogP contribution < -0.4 is 0 Å². The number of aryl methyl sites for hydroxylation is 2. The standard InChI is InChI=1S/C16H15FN2O/c1-10-8-11(17)6-7-12(10)16-18-9-13-14(19-16)4-2-3-5-15(13)20/h6-9H,2-5H2,1H3. The molecule has 4 heteroatoms. The van der Waals surface area contributed by atoms with Gasteiger partial charge < -0.3 is 0 Å². The van der Waals surface area contributed by atoms with Crippen LogP contribution in [0.15, 0.2) is 24.4 Å². The molecule has 0 atom stereocenters. The number of hydrogen-bond acceptors (Lipinski definition) is 3. The zero-order chi connectivity index (χ0) is 14.1. The lowest BCUT2D eigenvalue weighted by atomic mass is 10.1. The molecule has 3 rings (SSSR count). The number of benzene rings is 1. The summed E-state index contributed by atoms with van der Waals surface area (Å²) < 4.78 is 13.2. The molecule has 1 aliphatic carbocycles. The lowest BCUT2D eigenvalue weighted by Crippen LogP contribution is -2.05. The smallest absolute Gasteiger partial charge is 0.166 e. The second kappa shape index (κ2) is 5.12. The molecule has 0 saturated carbocycles. The molecule has 0 amide bonds. The molecule has 102 valence electrons. The molecule has 0 spiro atoms. The van der Waals surface area contributed by atoms with Gasteiger partial charge in [0.25, 0.3) is 0 Å². The van der Waals surface area contributed by atoms with E-state index in [4.69, 9.17) is 0 Å². The van der Waals surface area contributed by atoms with E-state index in [9.17, 15) is 9.18 Å². The number of nitrogens with zero attached hydrogens (tertiary/aromatic N) is 2. The van der Waals surface area contributed by atoms with E-state index in [1.807, 2.05) is 6.92 Å². The highest BCUT2D eigenvalue weighted by Crippen LogP contribution is 2.24. The molecular formula is C16H15FN2O. The van der Waals surface area contributed by atoms with E-state index < -0.39 is 0 Å². The highest BCUT2D eigenvalue weighted by atomic mass is 19.1. The van der Waals surface area contributed by atoms with Gasteiger partial charge in [-0.15, -0.1) is 0 Å². The maximum Gasteiger partial charge on any atom is 0.166 e. The SMILES string of the molecule is Cc1cc(F)ccc1-c1ncc2c(n1)CCCCC2=O. The van der Waals surface area contributed by atoms with Gasteiger partial charge in [0.1, 0.15) is 5.82 Å². The third kappa shape index (κ3) is 2.33. The number of halogens is 1. The van der Waals surface area contributed by atoms with Gasteiger partial charge in [-0.3, -0.25) is 4.79 Å². The van der Waals surface area contributed by atoms with E-state index in [0.29, 0.717) is 17.8 Å². The summed E-state index contributed by atoms with van der Waals surface area (Å²) in [6.07, 6.45) is 4.87. The zero-order valence-corrected chi connectivity index (χ0v) is 11.3. The lowest BCUT2D eigenvalue weighted by molar-refractivity contribution is 0.0981. The average molecular weight is 270 g/mol. The van der Waals surface area contributed by atoms with Crippen molar-refractivity contribution >= 4 is 5.78 Å². The van der Waals surface area contributed by atoms with Crippen molar-refractivity contribution in [2.45, 2.75) is 32.6 Å².